The third kappa shape index (κ3) is 3.70. The normalized spacial score (nSPS) is 14.7. The van der Waals surface area contributed by atoms with Crippen LogP contribution in [-0.2, 0) is 0 Å². The third-order valence-corrected chi connectivity index (χ3v) is 6.43. The molecule has 0 aliphatic carbocycles. The quantitative estimate of drug-likeness (QED) is 0.506. The molecular weight excluding hydrogens is 416 g/mol. The van der Waals surface area contributed by atoms with Gasteiger partial charge in [0.25, 0.3) is 11.8 Å². The standard InChI is InChI=1S/C26H26N4O3/c1-29-9-11-30(12-10-29)26(32)16-7-8-22-19(13-16)20-14-17(15-21(25(27)31)24(20)28-22)18-5-3-4-6-23(18)33-2/h3-8,13-15,28H,9-12H2,1-2H3,(H2,27,31). The van der Waals surface area contributed by atoms with Crippen molar-refractivity contribution in [1.82, 2.24) is 14.8 Å². The summed E-state index contributed by atoms with van der Waals surface area (Å²) in [6.45, 7) is 3.16. The summed E-state index contributed by atoms with van der Waals surface area (Å²) in [5, 5.41) is 1.72. The number of nitrogens with one attached hydrogen (secondary N) is 1. The average Bonchev–Trinajstić information content (AvgIpc) is 3.21. The Morgan fingerprint density at radius 2 is 1.73 bits per heavy atom. The lowest BCUT2D eigenvalue weighted by Crippen LogP contribution is -2.47. The van der Waals surface area contributed by atoms with E-state index in [0.717, 1.165) is 40.5 Å². The molecule has 0 saturated carbocycles. The van der Waals surface area contributed by atoms with Gasteiger partial charge in [-0.05, 0) is 49.0 Å². The number of carbonyl (C=O) groups excluding carboxylic acids is 2. The molecule has 33 heavy (non-hydrogen) atoms. The van der Waals surface area contributed by atoms with Crippen LogP contribution in [0.4, 0.5) is 0 Å². The first-order valence-corrected chi connectivity index (χ1v) is 11.0. The van der Waals surface area contributed by atoms with E-state index < -0.39 is 5.91 Å². The summed E-state index contributed by atoms with van der Waals surface area (Å²) in [5.41, 5.74) is 9.99. The van der Waals surface area contributed by atoms with Crippen LogP contribution < -0.4 is 10.5 Å². The number of primary amides is 1. The van der Waals surface area contributed by atoms with Crippen molar-refractivity contribution in [2.24, 2.45) is 5.73 Å². The number of methoxy groups -OCH3 is 1. The maximum atomic E-state index is 13.2. The molecule has 0 unspecified atom stereocenters. The molecule has 1 aliphatic rings. The van der Waals surface area contributed by atoms with Crippen LogP contribution in [0.15, 0.2) is 54.6 Å². The number of aromatic nitrogens is 1. The fourth-order valence-electron chi connectivity index (χ4n) is 4.56. The van der Waals surface area contributed by atoms with Crippen molar-refractivity contribution in [3.8, 4) is 16.9 Å². The first kappa shape index (κ1) is 21.0. The number of H-pyrrole nitrogens is 1. The van der Waals surface area contributed by atoms with Gasteiger partial charge in [0.15, 0.2) is 0 Å². The Balaban J connectivity index is 1.67. The van der Waals surface area contributed by atoms with Gasteiger partial charge in [0.2, 0.25) is 0 Å². The highest BCUT2D eigenvalue weighted by molar-refractivity contribution is 6.17. The van der Waals surface area contributed by atoms with Crippen LogP contribution in [0.2, 0.25) is 0 Å². The van der Waals surface area contributed by atoms with E-state index in [0.29, 0.717) is 35.5 Å². The molecular formula is C26H26N4O3. The number of nitrogens with two attached hydrogens (primary N) is 1. The zero-order valence-electron chi connectivity index (χ0n) is 18.7. The fourth-order valence-corrected chi connectivity index (χ4v) is 4.56. The van der Waals surface area contributed by atoms with Crippen molar-refractivity contribution in [3.63, 3.8) is 0 Å². The maximum Gasteiger partial charge on any atom is 0.253 e. The molecule has 3 N–H and O–H groups in total. The summed E-state index contributed by atoms with van der Waals surface area (Å²) in [6.07, 6.45) is 0. The number of fused-ring (bicyclic) bond motifs is 3. The van der Waals surface area contributed by atoms with Gasteiger partial charge in [-0.15, -0.1) is 0 Å². The summed E-state index contributed by atoms with van der Waals surface area (Å²) < 4.78 is 5.53. The van der Waals surface area contributed by atoms with Gasteiger partial charge >= 0.3 is 0 Å². The maximum absolute atomic E-state index is 13.2. The molecule has 4 aromatic rings. The van der Waals surface area contributed by atoms with Crippen molar-refractivity contribution < 1.29 is 14.3 Å². The molecule has 7 heteroatoms. The van der Waals surface area contributed by atoms with Crippen molar-refractivity contribution in [1.29, 1.82) is 0 Å². The number of benzene rings is 3. The number of rotatable bonds is 4. The molecule has 0 spiro atoms. The van der Waals surface area contributed by atoms with E-state index in [1.165, 1.54) is 0 Å². The minimum atomic E-state index is -0.517. The highest BCUT2D eigenvalue weighted by atomic mass is 16.5. The molecule has 0 radical (unpaired) electrons. The minimum absolute atomic E-state index is 0.0235. The second-order valence-electron chi connectivity index (χ2n) is 8.49. The van der Waals surface area contributed by atoms with Crippen molar-refractivity contribution in [3.05, 3.63) is 65.7 Å². The van der Waals surface area contributed by atoms with Crippen molar-refractivity contribution in [2.75, 3.05) is 40.3 Å². The Bertz CT molecular complexity index is 1380. The summed E-state index contributed by atoms with van der Waals surface area (Å²) in [7, 11) is 3.68. The summed E-state index contributed by atoms with van der Waals surface area (Å²) in [6, 6.07) is 17.1. The number of likely N-dealkylation sites (N-methyl/N-ethyl adjacent to an activating group) is 1. The van der Waals surface area contributed by atoms with Gasteiger partial charge in [-0.1, -0.05) is 18.2 Å². The number of para-hydroxylation sites is 1. The van der Waals surface area contributed by atoms with E-state index >= 15 is 0 Å². The number of hydrogen-bond acceptors (Lipinski definition) is 4. The highest BCUT2D eigenvalue weighted by Gasteiger charge is 2.22. The molecule has 168 valence electrons. The molecule has 1 aliphatic heterocycles. The Hall–Kier alpha value is -3.84. The van der Waals surface area contributed by atoms with Gasteiger partial charge in [-0.25, -0.2) is 0 Å². The fraction of sp³-hybridized carbons (Fsp3) is 0.231. The van der Waals surface area contributed by atoms with E-state index in [1.807, 2.05) is 53.4 Å². The number of hydrogen-bond donors (Lipinski definition) is 2. The SMILES string of the molecule is COc1ccccc1-c1cc(C(N)=O)c2[nH]c3ccc(C(=O)N4CCN(C)CC4)cc3c2c1. The van der Waals surface area contributed by atoms with Crippen LogP contribution >= 0.6 is 0 Å². The van der Waals surface area contributed by atoms with Crippen LogP contribution in [0.5, 0.6) is 5.75 Å². The Morgan fingerprint density at radius 3 is 2.45 bits per heavy atom. The first-order valence-electron chi connectivity index (χ1n) is 11.0. The third-order valence-electron chi connectivity index (χ3n) is 6.43. The number of amides is 2. The number of ether oxygens (including phenoxy) is 1. The number of piperazine rings is 1. The van der Waals surface area contributed by atoms with Crippen LogP contribution in [0.25, 0.3) is 32.9 Å². The van der Waals surface area contributed by atoms with E-state index in [2.05, 4.69) is 16.9 Å². The monoisotopic (exact) mass is 442 g/mol. The predicted octanol–water partition coefficient (Wildman–Crippen LogP) is 3.48. The van der Waals surface area contributed by atoms with Crippen LogP contribution in [0.3, 0.4) is 0 Å². The van der Waals surface area contributed by atoms with E-state index in [4.69, 9.17) is 10.5 Å². The Kier molecular flexibility index (Phi) is 5.26. The summed E-state index contributed by atoms with van der Waals surface area (Å²) >= 11 is 0. The smallest absolute Gasteiger partial charge is 0.253 e. The van der Waals surface area contributed by atoms with Gasteiger partial charge in [-0.3, -0.25) is 9.59 Å². The number of aromatic amines is 1. The van der Waals surface area contributed by atoms with E-state index in [1.54, 1.807) is 13.2 Å². The molecule has 3 aromatic carbocycles. The van der Waals surface area contributed by atoms with Gasteiger partial charge in [0.05, 0.1) is 18.2 Å². The van der Waals surface area contributed by atoms with Gasteiger partial charge in [0.1, 0.15) is 5.75 Å². The molecule has 0 bridgehead atoms. The first-order chi connectivity index (χ1) is 16.0. The lowest BCUT2D eigenvalue weighted by Gasteiger charge is -2.32. The zero-order chi connectivity index (χ0) is 23.1. The Morgan fingerprint density at radius 1 is 0.970 bits per heavy atom. The average molecular weight is 443 g/mol. The van der Waals surface area contributed by atoms with Gasteiger partial charge in [-0.2, -0.15) is 0 Å². The molecule has 5 rings (SSSR count). The van der Waals surface area contributed by atoms with E-state index in [9.17, 15) is 9.59 Å². The number of nitrogens with zero attached hydrogens (tertiary/aromatic N) is 2. The topological polar surface area (TPSA) is 91.7 Å². The van der Waals surface area contributed by atoms with Gasteiger partial charge < -0.3 is 25.3 Å². The van der Waals surface area contributed by atoms with Crippen molar-refractivity contribution >= 4 is 33.6 Å². The molecule has 2 heterocycles. The molecule has 1 aromatic heterocycles. The van der Waals surface area contributed by atoms with Crippen molar-refractivity contribution in [2.45, 2.75) is 0 Å². The molecule has 7 nitrogen and oxygen atoms in total. The molecule has 1 fully saturated rings. The highest BCUT2D eigenvalue weighted by Crippen LogP contribution is 2.36. The predicted molar refractivity (Wildman–Crippen MR) is 130 cm³/mol. The van der Waals surface area contributed by atoms with Gasteiger partial charge in [0, 0.05) is 53.6 Å². The van der Waals surface area contributed by atoms with Crippen LogP contribution in [-0.4, -0.2) is 66.9 Å². The second kappa shape index (κ2) is 8.26. The number of carbonyl (C=O) groups is 2. The Labute approximate surface area is 191 Å². The minimum Gasteiger partial charge on any atom is -0.496 e. The second-order valence-corrected chi connectivity index (χ2v) is 8.49. The molecule has 1 saturated heterocycles. The largest absolute Gasteiger partial charge is 0.496 e. The summed E-state index contributed by atoms with van der Waals surface area (Å²) in [4.78, 5) is 32.9. The lowest BCUT2D eigenvalue weighted by atomic mass is 9.97. The van der Waals surface area contributed by atoms with E-state index in [-0.39, 0.29) is 5.91 Å². The van der Waals surface area contributed by atoms with Crippen LogP contribution in [0, 0.1) is 0 Å². The summed E-state index contributed by atoms with van der Waals surface area (Å²) in [5.74, 6) is 0.213. The molecule has 0 atom stereocenters. The van der Waals surface area contributed by atoms with Crippen LogP contribution in [0.1, 0.15) is 20.7 Å². The zero-order valence-corrected chi connectivity index (χ0v) is 18.7. The molecule has 2 amide bonds. The lowest BCUT2D eigenvalue weighted by molar-refractivity contribution is 0.0664.